The molecule has 0 atom stereocenters. The van der Waals surface area contributed by atoms with Crippen LogP contribution < -0.4 is 14.4 Å². The van der Waals surface area contributed by atoms with Gasteiger partial charge in [0.25, 0.3) is 0 Å². The molecule has 2 spiro atoms. The average Bonchev–Trinajstić information content (AvgIpc) is 4.19. The van der Waals surface area contributed by atoms with Crippen LogP contribution in [0, 0.1) is 0 Å². The molecule has 2 aliphatic carbocycles. The van der Waals surface area contributed by atoms with Gasteiger partial charge in [-0.25, -0.2) is 0 Å². The first kappa shape index (κ1) is 43.4. The fourth-order valence-electron chi connectivity index (χ4n) is 13.6. The number of anilines is 3. The van der Waals surface area contributed by atoms with Gasteiger partial charge in [-0.3, -0.25) is 0 Å². The van der Waals surface area contributed by atoms with Gasteiger partial charge >= 0.3 is 0 Å². The Labute approximate surface area is 448 Å². The largest absolute Gasteiger partial charge is 0.457 e. The molecule has 0 saturated carbocycles. The van der Waals surface area contributed by atoms with Gasteiger partial charge in [-0.05, 0) is 139 Å². The fourth-order valence-corrected chi connectivity index (χ4v) is 13.6. The van der Waals surface area contributed by atoms with Gasteiger partial charge in [-0.2, -0.15) is 0 Å². The molecular formula is C74H47NO2. The van der Waals surface area contributed by atoms with Crippen LogP contribution in [0.3, 0.4) is 0 Å². The van der Waals surface area contributed by atoms with Gasteiger partial charge in [-0.1, -0.05) is 218 Å². The van der Waals surface area contributed by atoms with Gasteiger partial charge in [0, 0.05) is 39.2 Å². The highest BCUT2D eigenvalue weighted by molar-refractivity contribution is 5.99. The Morgan fingerprint density at radius 3 is 1.14 bits per heavy atom. The molecular weight excluding hydrogens is 935 g/mol. The Morgan fingerprint density at radius 2 is 0.597 bits per heavy atom. The van der Waals surface area contributed by atoms with Gasteiger partial charge in [0.05, 0.1) is 16.5 Å². The van der Waals surface area contributed by atoms with Crippen LogP contribution in [0.5, 0.6) is 23.0 Å². The number of hydrogen-bond donors (Lipinski definition) is 0. The number of ether oxygens (including phenoxy) is 2. The zero-order chi connectivity index (χ0) is 50.7. The molecule has 0 radical (unpaired) electrons. The van der Waals surface area contributed by atoms with E-state index in [1.165, 1.54) is 61.2 Å². The molecule has 2 aliphatic heterocycles. The van der Waals surface area contributed by atoms with E-state index >= 15 is 0 Å². The highest BCUT2D eigenvalue weighted by atomic mass is 16.5. The Kier molecular flexibility index (Phi) is 9.47. The Bertz CT molecular complexity index is 4250. The molecule has 0 bridgehead atoms. The van der Waals surface area contributed by atoms with Crippen molar-refractivity contribution in [3.05, 3.63) is 330 Å². The zero-order valence-corrected chi connectivity index (χ0v) is 41.9. The van der Waals surface area contributed by atoms with Crippen molar-refractivity contribution < 1.29 is 9.47 Å². The third kappa shape index (κ3) is 6.20. The summed E-state index contributed by atoms with van der Waals surface area (Å²) in [5, 5.41) is 0. The summed E-state index contributed by atoms with van der Waals surface area (Å²) >= 11 is 0. The van der Waals surface area contributed by atoms with Gasteiger partial charge in [-0.15, -0.1) is 0 Å². The molecule has 3 heteroatoms. The lowest BCUT2D eigenvalue weighted by Crippen LogP contribution is -2.32. The molecule has 0 aromatic heterocycles. The first-order valence-corrected chi connectivity index (χ1v) is 26.6. The summed E-state index contributed by atoms with van der Waals surface area (Å²) in [7, 11) is 0. The smallest absolute Gasteiger partial charge is 0.132 e. The van der Waals surface area contributed by atoms with E-state index in [2.05, 4.69) is 290 Å². The van der Waals surface area contributed by atoms with E-state index in [4.69, 9.17) is 9.47 Å². The topological polar surface area (TPSA) is 21.7 Å². The molecule has 0 fully saturated rings. The molecule has 4 aliphatic rings. The first-order valence-electron chi connectivity index (χ1n) is 26.6. The second-order valence-electron chi connectivity index (χ2n) is 20.6. The first-order chi connectivity index (χ1) is 38.2. The highest BCUT2D eigenvalue weighted by Crippen LogP contribution is 2.65. The molecule has 16 rings (SSSR count). The monoisotopic (exact) mass is 981 g/mol. The molecule has 2 heterocycles. The second-order valence-corrected chi connectivity index (χ2v) is 20.6. The van der Waals surface area contributed by atoms with E-state index < -0.39 is 10.8 Å². The van der Waals surface area contributed by atoms with Crippen LogP contribution in [0.4, 0.5) is 17.1 Å². The van der Waals surface area contributed by atoms with Crippen LogP contribution in [0.2, 0.25) is 0 Å². The maximum absolute atomic E-state index is 6.73. The molecule has 3 nitrogen and oxygen atoms in total. The Morgan fingerprint density at radius 1 is 0.234 bits per heavy atom. The molecule has 77 heavy (non-hydrogen) atoms. The van der Waals surface area contributed by atoms with E-state index in [0.717, 1.165) is 79.0 Å². The van der Waals surface area contributed by atoms with E-state index in [1.807, 2.05) is 0 Å². The average molecular weight is 982 g/mol. The van der Waals surface area contributed by atoms with Crippen LogP contribution in [-0.2, 0) is 10.8 Å². The molecule has 0 unspecified atom stereocenters. The van der Waals surface area contributed by atoms with Gasteiger partial charge in [0.2, 0.25) is 0 Å². The normalized spacial score (nSPS) is 13.9. The molecule has 0 N–H and O–H groups in total. The third-order valence-corrected chi connectivity index (χ3v) is 16.8. The lowest BCUT2D eigenvalue weighted by atomic mass is 9.66. The highest BCUT2D eigenvalue weighted by Gasteiger charge is 2.53. The molecule has 12 aromatic carbocycles. The van der Waals surface area contributed by atoms with Crippen molar-refractivity contribution >= 4 is 17.1 Å². The van der Waals surface area contributed by atoms with Crippen molar-refractivity contribution in [2.45, 2.75) is 10.8 Å². The summed E-state index contributed by atoms with van der Waals surface area (Å²) in [5.74, 6) is 3.54. The third-order valence-electron chi connectivity index (χ3n) is 16.8. The molecule has 0 amide bonds. The minimum atomic E-state index is -0.605. The van der Waals surface area contributed by atoms with E-state index in [1.54, 1.807) is 0 Å². The zero-order valence-electron chi connectivity index (χ0n) is 41.9. The van der Waals surface area contributed by atoms with Crippen molar-refractivity contribution in [3.63, 3.8) is 0 Å². The van der Waals surface area contributed by atoms with Crippen LogP contribution >= 0.6 is 0 Å². The number of fused-ring (bicyclic) bond motifs is 18. The number of benzene rings is 12. The minimum absolute atomic E-state index is 0.550. The summed E-state index contributed by atoms with van der Waals surface area (Å²) in [6.07, 6.45) is 0. The van der Waals surface area contributed by atoms with Crippen molar-refractivity contribution in [1.29, 1.82) is 0 Å². The number of para-hydroxylation sites is 4. The van der Waals surface area contributed by atoms with Crippen molar-refractivity contribution in [2.75, 3.05) is 4.90 Å². The van der Waals surface area contributed by atoms with Crippen LogP contribution in [0.25, 0.3) is 55.6 Å². The summed E-state index contributed by atoms with van der Waals surface area (Å²) in [5.41, 5.74) is 23.7. The standard InChI is InChI=1S/C74H47NO2/c1-2-18-48(19-3-1)51-20-16-21-52(46-51)49-36-41-54(42-37-49)75(67-31-17-30-65-72(67)58-23-5-7-25-60(58)73(65)61-26-8-12-32-68(61)76-69-33-13-9-27-62(69)73)55-43-38-50(39-44-55)53-40-45-57-56-22-4-6-24-59(56)74(66(57)47-53)63-28-10-14-34-70(63)77-71-35-15-11-29-64(71)74/h1-47H. The maximum Gasteiger partial charge on any atom is 0.132 e. The molecule has 12 aromatic rings. The molecule has 360 valence electrons. The van der Waals surface area contributed by atoms with Crippen molar-refractivity contribution in [1.82, 2.24) is 0 Å². The number of hydrogen-bond acceptors (Lipinski definition) is 3. The maximum atomic E-state index is 6.73. The minimum Gasteiger partial charge on any atom is -0.457 e. The quantitative estimate of drug-likeness (QED) is 0.166. The van der Waals surface area contributed by atoms with Crippen LogP contribution in [-0.4, -0.2) is 0 Å². The lowest BCUT2D eigenvalue weighted by Gasteiger charge is -2.39. The predicted molar refractivity (Wildman–Crippen MR) is 312 cm³/mol. The summed E-state index contributed by atoms with van der Waals surface area (Å²) in [6.45, 7) is 0. The van der Waals surface area contributed by atoms with E-state index in [-0.39, 0.29) is 0 Å². The Balaban J connectivity index is 0.872. The van der Waals surface area contributed by atoms with Crippen molar-refractivity contribution in [3.8, 4) is 78.6 Å². The fraction of sp³-hybridized carbons (Fsp3) is 0.0270. The number of rotatable bonds is 6. The van der Waals surface area contributed by atoms with Gasteiger partial charge < -0.3 is 14.4 Å². The van der Waals surface area contributed by atoms with E-state index in [9.17, 15) is 0 Å². The van der Waals surface area contributed by atoms with Crippen LogP contribution in [0.1, 0.15) is 44.5 Å². The number of nitrogens with zero attached hydrogens (tertiary/aromatic N) is 1. The van der Waals surface area contributed by atoms with Crippen LogP contribution in [0.15, 0.2) is 285 Å². The SMILES string of the molecule is c1ccc(-c2cccc(-c3ccc(N(c4ccc(-c5ccc6c(c5)C5(c7ccccc7Oc7ccccc75)c5ccccc5-6)cc4)c4cccc5c4-c4ccccc4C54c5ccccc5Oc5ccccc54)cc3)c2)cc1. The predicted octanol–water partition coefficient (Wildman–Crippen LogP) is 19.1. The lowest BCUT2D eigenvalue weighted by molar-refractivity contribution is 0.436. The summed E-state index contributed by atoms with van der Waals surface area (Å²) < 4.78 is 13.4. The second kappa shape index (κ2) is 16.8. The Hall–Kier alpha value is -9.96. The summed E-state index contributed by atoms with van der Waals surface area (Å²) in [4.78, 5) is 2.46. The van der Waals surface area contributed by atoms with E-state index in [0.29, 0.717) is 0 Å². The van der Waals surface area contributed by atoms with Gasteiger partial charge in [0.1, 0.15) is 23.0 Å². The molecule has 0 saturated heterocycles. The van der Waals surface area contributed by atoms with Crippen molar-refractivity contribution in [2.24, 2.45) is 0 Å². The van der Waals surface area contributed by atoms with Gasteiger partial charge in [0.15, 0.2) is 0 Å². The summed E-state index contributed by atoms with van der Waals surface area (Å²) in [6, 6.07) is 104.